The first-order valence-corrected chi connectivity index (χ1v) is 8.01. The Morgan fingerprint density at radius 3 is 2.32 bits per heavy atom. The van der Waals surface area contributed by atoms with Gasteiger partial charge in [-0.1, -0.05) is 24.6 Å². The second-order valence-corrected chi connectivity index (χ2v) is 6.43. The lowest BCUT2D eigenvalue weighted by molar-refractivity contribution is 0.0848. The summed E-state index contributed by atoms with van der Waals surface area (Å²) in [6.07, 6.45) is 0.901. The molecule has 0 radical (unpaired) electrons. The number of rotatable bonds is 3. The molecule has 0 aliphatic rings. The van der Waals surface area contributed by atoms with Crippen LogP contribution in [-0.4, -0.2) is 11.8 Å². The summed E-state index contributed by atoms with van der Waals surface area (Å²) < 4.78 is 0. The second kappa shape index (κ2) is 6.75. The monoisotopic (exact) mass is 316 g/mol. The van der Waals surface area contributed by atoms with Crippen molar-refractivity contribution in [1.29, 1.82) is 0 Å². The van der Waals surface area contributed by atoms with Crippen LogP contribution in [0.25, 0.3) is 0 Å². The molecule has 1 heterocycles. The molecule has 0 atom stereocenters. The Bertz CT molecular complexity index is 719. The van der Waals surface area contributed by atoms with Crippen LogP contribution in [0.15, 0.2) is 24.3 Å². The normalized spacial score (nSPS) is 10.4. The van der Waals surface area contributed by atoms with Crippen molar-refractivity contribution in [2.24, 2.45) is 0 Å². The number of hydrogen-bond acceptors (Lipinski definition) is 3. The molecule has 1 aromatic heterocycles. The van der Waals surface area contributed by atoms with E-state index >= 15 is 0 Å². The number of carbonyl (C=O) groups is 2. The lowest BCUT2D eigenvalue weighted by Gasteiger charge is -2.09. The lowest BCUT2D eigenvalue weighted by Crippen LogP contribution is -2.41. The van der Waals surface area contributed by atoms with Gasteiger partial charge in [0.2, 0.25) is 0 Å². The highest BCUT2D eigenvalue weighted by molar-refractivity contribution is 7.14. The van der Waals surface area contributed by atoms with Gasteiger partial charge in [0, 0.05) is 10.4 Å². The number of carbonyl (C=O) groups excluding carboxylic acids is 2. The summed E-state index contributed by atoms with van der Waals surface area (Å²) in [6.45, 7) is 7.84. The van der Waals surface area contributed by atoms with Crippen molar-refractivity contribution in [2.45, 2.75) is 34.1 Å². The van der Waals surface area contributed by atoms with E-state index in [2.05, 4.69) is 17.8 Å². The number of amides is 2. The van der Waals surface area contributed by atoms with Gasteiger partial charge >= 0.3 is 0 Å². The van der Waals surface area contributed by atoms with Gasteiger partial charge in [-0.2, -0.15) is 0 Å². The maximum Gasteiger partial charge on any atom is 0.279 e. The molecule has 4 nitrogen and oxygen atoms in total. The van der Waals surface area contributed by atoms with Gasteiger partial charge in [0.05, 0.1) is 4.88 Å². The van der Waals surface area contributed by atoms with E-state index in [0.717, 1.165) is 23.1 Å². The van der Waals surface area contributed by atoms with Crippen LogP contribution in [0.2, 0.25) is 0 Å². The predicted molar refractivity (Wildman–Crippen MR) is 89.3 cm³/mol. The fraction of sp³-hybridized carbons (Fsp3) is 0.294. The van der Waals surface area contributed by atoms with E-state index in [1.165, 1.54) is 16.2 Å². The van der Waals surface area contributed by atoms with Crippen LogP contribution in [0.1, 0.15) is 48.5 Å². The Hall–Kier alpha value is -2.14. The van der Waals surface area contributed by atoms with Gasteiger partial charge in [-0.25, -0.2) is 0 Å². The van der Waals surface area contributed by atoms with E-state index in [4.69, 9.17) is 0 Å². The Morgan fingerprint density at radius 2 is 1.68 bits per heavy atom. The van der Waals surface area contributed by atoms with E-state index in [0.29, 0.717) is 10.4 Å². The minimum atomic E-state index is -0.307. The topological polar surface area (TPSA) is 58.2 Å². The smallest absolute Gasteiger partial charge is 0.267 e. The quantitative estimate of drug-likeness (QED) is 0.854. The lowest BCUT2D eigenvalue weighted by atomic mass is 10.1. The summed E-state index contributed by atoms with van der Waals surface area (Å²) in [5.74, 6) is -0.593. The van der Waals surface area contributed by atoms with Gasteiger partial charge in [0.25, 0.3) is 11.8 Å². The maximum atomic E-state index is 12.2. The van der Waals surface area contributed by atoms with Gasteiger partial charge in [0.15, 0.2) is 0 Å². The van der Waals surface area contributed by atoms with E-state index in [9.17, 15) is 9.59 Å². The van der Waals surface area contributed by atoms with Crippen molar-refractivity contribution in [1.82, 2.24) is 10.9 Å². The number of nitrogens with one attached hydrogen (secondary N) is 2. The number of aryl methyl sites for hydroxylation is 4. The minimum absolute atomic E-state index is 0.286. The van der Waals surface area contributed by atoms with E-state index in [1.807, 2.05) is 39.0 Å². The van der Waals surface area contributed by atoms with E-state index in [1.54, 1.807) is 6.07 Å². The van der Waals surface area contributed by atoms with Gasteiger partial charge in [0.1, 0.15) is 0 Å². The predicted octanol–water partition coefficient (Wildman–Crippen LogP) is 3.31. The molecule has 1 aromatic carbocycles. The van der Waals surface area contributed by atoms with E-state index < -0.39 is 0 Å². The zero-order chi connectivity index (χ0) is 16.3. The van der Waals surface area contributed by atoms with Crippen LogP contribution in [0, 0.1) is 20.8 Å². The fourth-order valence-corrected chi connectivity index (χ4v) is 3.21. The third kappa shape index (κ3) is 3.54. The third-order valence-electron chi connectivity index (χ3n) is 3.49. The van der Waals surface area contributed by atoms with Crippen molar-refractivity contribution in [3.05, 3.63) is 56.3 Å². The van der Waals surface area contributed by atoms with Gasteiger partial charge in [-0.15, -0.1) is 11.3 Å². The molecule has 0 aliphatic heterocycles. The first kappa shape index (κ1) is 16.2. The molecule has 2 aromatic rings. The Kier molecular flexibility index (Phi) is 4.98. The SMILES string of the molecule is CCc1sc(C(=O)NNC(=O)c2cc(C)ccc2C)cc1C. The summed E-state index contributed by atoms with van der Waals surface area (Å²) in [7, 11) is 0. The molecular weight excluding hydrogens is 296 g/mol. The minimum Gasteiger partial charge on any atom is -0.267 e. The molecule has 0 saturated carbocycles. The van der Waals surface area contributed by atoms with Crippen molar-refractivity contribution in [3.63, 3.8) is 0 Å². The molecule has 5 heteroatoms. The molecule has 0 aliphatic carbocycles. The summed E-state index contributed by atoms with van der Waals surface area (Å²) >= 11 is 1.46. The fourth-order valence-electron chi connectivity index (χ4n) is 2.21. The van der Waals surface area contributed by atoms with Crippen molar-refractivity contribution in [3.8, 4) is 0 Å². The largest absolute Gasteiger partial charge is 0.279 e. The summed E-state index contributed by atoms with van der Waals surface area (Å²) in [4.78, 5) is 26.1. The average Bonchev–Trinajstić information content (AvgIpc) is 2.88. The Morgan fingerprint density at radius 1 is 1.00 bits per heavy atom. The summed E-state index contributed by atoms with van der Waals surface area (Å²) in [5.41, 5.74) is 8.51. The van der Waals surface area contributed by atoms with Crippen LogP contribution in [0.4, 0.5) is 0 Å². The highest BCUT2D eigenvalue weighted by atomic mass is 32.1. The maximum absolute atomic E-state index is 12.2. The number of hydrazine groups is 1. The van der Waals surface area contributed by atoms with Crippen molar-refractivity contribution >= 4 is 23.2 Å². The summed E-state index contributed by atoms with van der Waals surface area (Å²) in [6, 6.07) is 7.50. The van der Waals surface area contributed by atoms with Gasteiger partial charge < -0.3 is 0 Å². The van der Waals surface area contributed by atoms with Gasteiger partial charge in [-0.3, -0.25) is 20.4 Å². The molecule has 116 valence electrons. The molecule has 2 N–H and O–H groups in total. The Labute approximate surface area is 134 Å². The molecule has 0 bridgehead atoms. The molecule has 0 fully saturated rings. The van der Waals surface area contributed by atoms with Crippen LogP contribution < -0.4 is 10.9 Å². The average molecular weight is 316 g/mol. The zero-order valence-electron chi connectivity index (χ0n) is 13.2. The van der Waals surface area contributed by atoms with Crippen LogP contribution in [0.3, 0.4) is 0 Å². The second-order valence-electron chi connectivity index (χ2n) is 5.30. The first-order valence-electron chi connectivity index (χ1n) is 7.19. The van der Waals surface area contributed by atoms with E-state index in [-0.39, 0.29) is 11.8 Å². The van der Waals surface area contributed by atoms with Crippen molar-refractivity contribution in [2.75, 3.05) is 0 Å². The Balaban J connectivity index is 2.04. The zero-order valence-corrected chi connectivity index (χ0v) is 14.1. The van der Waals surface area contributed by atoms with Gasteiger partial charge in [-0.05, 0) is 50.5 Å². The molecule has 22 heavy (non-hydrogen) atoms. The van der Waals surface area contributed by atoms with Crippen LogP contribution in [-0.2, 0) is 6.42 Å². The van der Waals surface area contributed by atoms with Crippen molar-refractivity contribution < 1.29 is 9.59 Å². The first-order chi connectivity index (χ1) is 10.4. The third-order valence-corrected chi connectivity index (χ3v) is 4.87. The van der Waals surface area contributed by atoms with Crippen LogP contribution >= 0.6 is 11.3 Å². The number of hydrogen-bond donors (Lipinski definition) is 2. The molecule has 0 unspecified atom stereocenters. The molecule has 0 saturated heterocycles. The summed E-state index contributed by atoms with van der Waals surface area (Å²) in [5, 5.41) is 0. The highest BCUT2D eigenvalue weighted by Crippen LogP contribution is 2.22. The number of thiophene rings is 1. The molecule has 2 amide bonds. The molecule has 2 rings (SSSR count). The molecular formula is C17H20N2O2S. The number of benzene rings is 1. The molecule has 0 spiro atoms. The van der Waals surface area contributed by atoms with Crippen LogP contribution in [0.5, 0.6) is 0 Å². The highest BCUT2D eigenvalue weighted by Gasteiger charge is 2.14. The standard InChI is InChI=1S/C17H20N2O2S/c1-5-14-12(4)9-15(22-14)17(21)19-18-16(20)13-8-10(2)6-7-11(13)3/h6-9H,5H2,1-4H3,(H,18,20)(H,19,21).